The summed E-state index contributed by atoms with van der Waals surface area (Å²) < 4.78 is -0.329. The number of oxime groups is 1. The van der Waals surface area contributed by atoms with Crippen molar-refractivity contribution in [2.24, 2.45) is 10.9 Å². The first-order valence-corrected chi connectivity index (χ1v) is 7.07. The SMILES string of the molecule is CC1(C(=O)Nc2ccc(/C(N)=N/O)cc2)CCCS1. The van der Waals surface area contributed by atoms with Crippen LogP contribution in [0.3, 0.4) is 0 Å². The molecule has 0 spiro atoms. The van der Waals surface area contributed by atoms with Crippen molar-refractivity contribution >= 4 is 29.2 Å². The molecule has 0 bridgehead atoms. The summed E-state index contributed by atoms with van der Waals surface area (Å²) in [6.45, 7) is 1.98. The van der Waals surface area contributed by atoms with Crippen molar-refractivity contribution in [1.29, 1.82) is 0 Å². The van der Waals surface area contributed by atoms with Crippen LogP contribution in [0.2, 0.25) is 0 Å². The van der Waals surface area contributed by atoms with Crippen molar-refractivity contribution in [1.82, 2.24) is 0 Å². The number of hydrogen-bond donors (Lipinski definition) is 3. The number of amides is 1. The number of carbonyl (C=O) groups excluding carboxylic acids is 1. The third-order valence-corrected chi connectivity index (χ3v) is 4.76. The zero-order chi connectivity index (χ0) is 13.9. The van der Waals surface area contributed by atoms with E-state index in [1.807, 2.05) is 6.92 Å². The van der Waals surface area contributed by atoms with Gasteiger partial charge in [0.05, 0.1) is 4.75 Å². The molecule has 1 aromatic carbocycles. The van der Waals surface area contributed by atoms with Gasteiger partial charge >= 0.3 is 0 Å². The van der Waals surface area contributed by atoms with E-state index in [0.29, 0.717) is 11.3 Å². The Labute approximate surface area is 116 Å². The quantitative estimate of drug-likeness (QED) is 0.342. The Balaban J connectivity index is 2.05. The molecule has 1 aliphatic heterocycles. The minimum atomic E-state index is -0.329. The Bertz CT molecular complexity index is 493. The second kappa shape index (κ2) is 5.52. The Kier molecular flexibility index (Phi) is 3.99. The normalized spacial score (nSPS) is 23.3. The summed E-state index contributed by atoms with van der Waals surface area (Å²) in [4.78, 5) is 12.2. The molecule has 0 aliphatic carbocycles. The van der Waals surface area contributed by atoms with E-state index in [9.17, 15) is 4.79 Å². The molecule has 4 N–H and O–H groups in total. The largest absolute Gasteiger partial charge is 0.409 e. The number of carbonyl (C=O) groups is 1. The van der Waals surface area contributed by atoms with E-state index in [1.54, 1.807) is 36.0 Å². The number of nitrogens with two attached hydrogens (primary N) is 1. The Hall–Kier alpha value is -1.69. The second-order valence-electron chi connectivity index (χ2n) is 4.70. The number of hydrogen-bond acceptors (Lipinski definition) is 4. The molecule has 102 valence electrons. The molecule has 5 nitrogen and oxygen atoms in total. The summed E-state index contributed by atoms with van der Waals surface area (Å²) in [7, 11) is 0. The van der Waals surface area contributed by atoms with Gasteiger partial charge in [-0.2, -0.15) is 0 Å². The highest BCUT2D eigenvalue weighted by Gasteiger charge is 2.37. The van der Waals surface area contributed by atoms with Gasteiger partial charge in [-0.25, -0.2) is 0 Å². The van der Waals surface area contributed by atoms with Gasteiger partial charge in [-0.3, -0.25) is 4.79 Å². The highest BCUT2D eigenvalue weighted by Crippen LogP contribution is 2.38. The Morgan fingerprint density at radius 1 is 1.47 bits per heavy atom. The average Bonchev–Trinajstić information content (AvgIpc) is 2.87. The van der Waals surface area contributed by atoms with Crippen LogP contribution in [0.15, 0.2) is 29.4 Å². The summed E-state index contributed by atoms with van der Waals surface area (Å²) in [6, 6.07) is 6.89. The third-order valence-electron chi connectivity index (χ3n) is 3.25. The summed E-state index contributed by atoms with van der Waals surface area (Å²) in [5.41, 5.74) is 6.80. The summed E-state index contributed by atoms with van der Waals surface area (Å²) >= 11 is 1.70. The van der Waals surface area contributed by atoms with Gasteiger partial charge in [0.1, 0.15) is 0 Å². The number of thioether (sulfide) groups is 1. The zero-order valence-electron chi connectivity index (χ0n) is 10.7. The first-order chi connectivity index (χ1) is 9.05. The highest BCUT2D eigenvalue weighted by atomic mass is 32.2. The third kappa shape index (κ3) is 3.01. The van der Waals surface area contributed by atoms with Gasteiger partial charge in [-0.05, 0) is 49.8 Å². The van der Waals surface area contributed by atoms with Crippen LogP contribution in [0, 0.1) is 0 Å². The van der Waals surface area contributed by atoms with Gasteiger partial charge in [0, 0.05) is 11.3 Å². The molecule has 0 saturated carbocycles. The average molecular weight is 279 g/mol. The minimum absolute atomic E-state index is 0.0338. The van der Waals surface area contributed by atoms with E-state index in [-0.39, 0.29) is 16.5 Å². The molecule has 1 amide bonds. The van der Waals surface area contributed by atoms with Crippen LogP contribution in [-0.2, 0) is 4.79 Å². The molecule has 1 aliphatic rings. The summed E-state index contributed by atoms with van der Waals surface area (Å²) in [5.74, 6) is 1.12. The van der Waals surface area contributed by atoms with Gasteiger partial charge in [-0.1, -0.05) is 5.16 Å². The van der Waals surface area contributed by atoms with Gasteiger partial charge in [0.2, 0.25) is 5.91 Å². The Morgan fingerprint density at radius 3 is 2.68 bits per heavy atom. The second-order valence-corrected chi connectivity index (χ2v) is 6.30. The van der Waals surface area contributed by atoms with E-state index in [2.05, 4.69) is 10.5 Å². The number of rotatable bonds is 3. The van der Waals surface area contributed by atoms with Crippen molar-refractivity contribution in [3.05, 3.63) is 29.8 Å². The van der Waals surface area contributed by atoms with Crippen LogP contribution >= 0.6 is 11.8 Å². The Morgan fingerprint density at radius 2 is 2.16 bits per heavy atom. The number of benzene rings is 1. The molecule has 1 heterocycles. The fourth-order valence-electron chi connectivity index (χ4n) is 2.00. The van der Waals surface area contributed by atoms with Crippen LogP contribution in [-0.4, -0.2) is 27.4 Å². The van der Waals surface area contributed by atoms with E-state index < -0.39 is 0 Å². The lowest BCUT2D eigenvalue weighted by atomic mass is 10.0. The fourth-order valence-corrected chi connectivity index (χ4v) is 3.21. The molecule has 19 heavy (non-hydrogen) atoms. The standard InChI is InChI=1S/C13H17N3O2S/c1-13(7-2-8-19-13)12(17)15-10-5-3-9(4-6-10)11(14)16-18/h3-6,18H,2,7-8H2,1H3,(H2,14,16)(H,15,17). The van der Waals surface area contributed by atoms with E-state index >= 15 is 0 Å². The predicted octanol–water partition coefficient (Wildman–Crippen LogP) is 2.01. The first kappa shape index (κ1) is 13.7. The van der Waals surface area contributed by atoms with Gasteiger partial charge in [-0.15, -0.1) is 11.8 Å². The van der Waals surface area contributed by atoms with Crippen LogP contribution in [0.5, 0.6) is 0 Å². The minimum Gasteiger partial charge on any atom is -0.409 e. The van der Waals surface area contributed by atoms with Crippen molar-refractivity contribution in [2.45, 2.75) is 24.5 Å². The van der Waals surface area contributed by atoms with Crippen LogP contribution < -0.4 is 11.1 Å². The predicted molar refractivity (Wildman–Crippen MR) is 77.7 cm³/mol. The van der Waals surface area contributed by atoms with E-state index in [1.165, 1.54) is 0 Å². The van der Waals surface area contributed by atoms with Crippen molar-refractivity contribution in [3.8, 4) is 0 Å². The molecule has 2 rings (SSSR count). The maximum atomic E-state index is 12.2. The lowest BCUT2D eigenvalue weighted by Gasteiger charge is -2.21. The molecular weight excluding hydrogens is 262 g/mol. The smallest absolute Gasteiger partial charge is 0.240 e. The highest BCUT2D eigenvalue weighted by molar-refractivity contribution is 8.01. The lowest BCUT2D eigenvalue weighted by molar-refractivity contribution is -0.118. The van der Waals surface area contributed by atoms with Crippen molar-refractivity contribution in [3.63, 3.8) is 0 Å². The monoisotopic (exact) mass is 279 g/mol. The lowest BCUT2D eigenvalue weighted by Crippen LogP contribution is -2.34. The number of nitrogens with zero attached hydrogens (tertiary/aromatic N) is 1. The zero-order valence-corrected chi connectivity index (χ0v) is 11.5. The van der Waals surface area contributed by atoms with Crippen LogP contribution in [0.4, 0.5) is 5.69 Å². The summed E-state index contributed by atoms with van der Waals surface area (Å²) in [5, 5.41) is 14.4. The van der Waals surface area contributed by atoms with Crippen LogP contribution in [0.25, 0.3) is 0 Å². The van der Waals surface area contributed by atoms with E-state index in [0.717, 1.165) is 18.6 Å². The topological polar surface area (TPSA) is 87.7 Å². The maximum absolute atomic E-state index is 12.2. The van der Waals surface area contributed by atoms with Crippen LogP contribution in [0.1, 0.15) is 25.3 Å². The summed E-state index contributed by atoms with van der Waals surface area (Å²) in [6.07, 6.45) is 1.99. The molecule has 1 saturated heterocycles. The molecule has 1 aromatic rings. The number of amidine groups is 1. The van der Waals surface area contributed by atoms with Gasteiger partial charge in [0.15, 0.2) is 5.84 Å². The van der Waals surface area contributed by atoms with Gasteiger partial charge in [0.25, 0.3) is 0 Å². The van der Waals surface area contributed by atoms with Crippen molar-refractivity contribution < 1.29 is 10.0 Å². The van der Waals surface area contributed by atoms with Gasteiger partial charge < -0.3 is 16.3 Å². The molecule has 6 heteroatoms. The molecule has 1 unspecified atom stereocenters. The maximum Gasteiger partial charge on any atom is 0.240 e. The molecule has 0 radical (unpaired) electrons. The first-order valence-electron chi connectivity index (χ1n) is 6.08. The number of nitrogens with one attached hydrogen (secondary N) is 1. The molecular formula is C13H17N3O2S. The van der Waals surface area contributed by atoms with E-state index in [4.69, 9.17) is 10.9 Å². The fraction of sp³-hybridized carbons (Fsp3) is 0.385. The molecule has 0 aromatic heterocycles. The number of anilines is 1. The molecule has 1 atom stereocenters. The molecule has 1 fully saturated rings. The van der Waals surface area contributed by atoms with Crippen molar-refractivity contribution in [2.75, 3.05) is 11.1 Å².